The van der Waals surface area contributed by atoms with E-state index >= 15 is 0 Å². The van der Waals surface area contributed by atoms with E-state index in [2.05, 4.69) is 0 Å². The van der Waals surface area contributed by atoms with Gasteiger partial charge in [-0.25, -0.2) is 4.79 Å². The number of ether oxygens (including phenoxy) is 2. The lowest BCUT2D eigenvalue weighted by Gasteiger charge is -2.21. The summed E-state index contributed by atoms with van der Waals surface area (Å²) in [6, 6.07) is 14.5. The van der Waals surface area contributed by atoms with Crippen molar-refractivity contribution in [2.45, 2.75) is 33.3 Å². The van der Waals surface area contributed by atoms with Gasteiger partial charge in [-0.1, -0.05) is 24.3 Å². The van der Waals surface area contributed by atoms with E-state index in [1.807, 2.05) is 58.0 Å². The van der Waals surface area contributed by atoms with Gasteiger partial charge in [0, 0.05) is 0 Å². The third-order valence-electron chi connectivity index (χ3n) is 3.30. The lowest BCUT2D eigenvalue weighted by molar-refractivity contribution is -0.130. The molecule has 0 fully saturated rings. The van der Waals surface area contributed by atoms with Crippen molar-refractivity contribution in [3.63, 3.8) is 0 Å². The summed E-state index contributed by atoms with van der Waals surface area (Å²) in [5.74, 6) is 0.421. The van der Waals surface area contributed by atoms with E-state index in [1.54, 1.807) is 24.3 Å². The molecule has 0 aliphatic carbocycles. The first-order chi connectivity index (χ1) is 11.8. The Labute approximate surface area is 148 Å². The Bertz CT molecular complexity index is 752. The molecule has 0 saturated heterocycles. The van der Waals surface area contributed by atoms with Crippen LogP contribution in [-0.2, 0) is 4.79 Å². The minimum atomic E-state index is -0.983. The Morgan fingerprint density at radius 1 is 1.08 bits per heavy atom. The topological polar surface area (TPSA) is 55.8 Å². The van der Waals surface area contributed by atoms with Gasteiger partial charge in [-0.15, -0.1) is 0 Å². The molecule has 0 unspecified atom stereocenters. The molecule has 132 valence electrons. The van der Waals surface area contributed by atoms with Crippen molar-refractivity contribution in [3.05, 3.63) is 59.7 Å². The summed E-state index contributed by atoms with van der Waals surface area (Å²) in [7, 11) is 0. The second-order valence-electron chi connectivity index (χ2n) is 6.61. The van der Waals surface area contributed by atoms with E-state index < -0.39 is 5.97 Å². The van der Waals surface area contributed by atoms with Gasteiger partial charge in [-0.3, -0.25) is 0 Å². The Morgan fingerprint density at radius 3 is 2.32 bits per heavy atom. The zero-order chi connectivity index (χ0) is 18.4. The molecule has 0 saturated carbocycles. The van der Waals surface area contributed by atoms with Crippen molar-refractivity contribution in [2.75, 3.05) is 6.61 Å². The summed E-state index contributed by atoms with van der Waals surface area (Å²) >= 11 is 0. The second-order valence-corrected chi connectivity index (χ2v) is 6.61. The predicted molar refractivity (Wildman–Crippen MR) is 99.9 cm³/mol. The fourth-order valence-corrected chi connectivity index (χ4v) is 2.34. The molecular formula is C21H24O4. The highest BCUT2D eigenvalue weighted by molar-refractivity contribution is 6.20. The molecule has 2 rings (SSSR count). The molecule has 0 atom stereocenters. The summed E-state index contributed by atoms with van der Waals surface area (Å²) in [5.41, 5.74) is 1.34. The molecule has 4 heteroatoms. The van der Waals surface area contributed by atoms with Gasteiger partial charge < -0.3 is 14.6 Å². The van der Waals surface area contributed by atoms with Crippen LogP contribution in [-0.4, -0.2) is 23.3 Å². The van der Waals surface area contributed by atoms with E-state index in [0.717, 1.165) is 11.3 Å². The van der Waals surface area contributed by atoms with Crippen LogP contribution in [0.15, 0.2) is 48.5 Å². The van der Waals surface area contributed by atoms with Crippen LogP contribution in [0.2, 0.25) is 0 Å². The van der Waals surface area contributed by atoms with E-state index in [0.29, 0.717) is 17.9 Å². The number of hydrogen-bond acceptors (Lipinski definition) is 3. The minimum Gasteiger partial charge on any atom is -0.494 e. The molecule has 0 radical (unpaired) electrons. The molecule has 25 heavy (non-hydrogen) atoms. The number of hydrogen-bond donors (Lipinski definition) is 1. The smallest absolute Gasteiger partial charge is 0.336 e. The van der Waals surface area contributed by atoms with E-state index in [4.69, 9.17) is 9.47 Å². The standard InChI is InChI=1S/C21H24O4/c1-5-24-18-8-6-7-16(14-18)19(20(22)23)13-15-9-11-17(12-10-15)25-21(2,3)4/h6-14H,5H2,1-4H3,(H,22,23)/b19-13-. The molecule has 0 aliphatic heterocycles. The van der Waals surface area contributed by atoms with Gasteiger partial charge in [0.1, 0.15) is 17.1 Å². The number of benzene rings is 2. The van der Waals surface area contributed by atoms with E-state index in [-0.39, 0.29) is 11.2 Å². The number of carboxylic acid groups (broad SMARTS) is 1. The van der Waals surface area contributed by atoms with Gasteiger partial charge in [0.15, 0.2) is 0 Å². The third kappa shape index (κ3) is 5.68. The van der Waals surface area contributed by atoms with Crippen LogP contribution in [0.1, 0.15) is 38.8 Å². The van der Waals surface area contributed by atoms with Crippen molar-refractivity contribution in [2.24, 2.45) is 0 Å². The third-order valence-corrected chi connectivity index (χ3v) is 3.30. The molecule has 0 bridgehead atoms. The Kier molecular flexibility index (Phi) is 5.86. The maximum Gasteiger partial charge on any atom is 0.336 e. The highest BCUT2D eigenvalue weighted by atomic mass is 16.5. The van der Waals surface area contributed by atoms with Crippen LogP contribution in [0.25, 0.3) is 11.6 Å². The van der Waals surface area contributed by atoms with Gasteiger partial charge in [-0.05, 0) is 69.2 Å². The minimum absolute atomic E-state index is 0.214. The number of aliphatic carboxylic acids is 1. The number of carbonyl (C=O) groups is 1. The first kappa shape index (κ1) is 18.6. The normalized spacial score (nSPS) is 11.9. The van der Waals surface area contributed by atoms with Crippen molar-refractivity contribution in [1.29, 1.82) is 0 Å². The van der Waals surface area contributed by atoms with Gasteiger partial charge in [0.25, 0.3) is 0 Å². The van der Waals surface area contributed by atoms with Gasteiger partial charge in [0.05, 0.1) is 12.2 Å². The summed E-state index contributed by atoms with van der Waals surface area (Å²) < 4.78 is 11.2. The molecule has 0 amide bonds. The van der Waals surface area contributed by atoms with Crippen molar-refractivity contribution < 1.29 is 19.4 Å². The molecular weight excluding hydrogens is 316 g/mol. The van der Waals surface area contributed by atoms with Crippen LogP contribution in [0.5, 0.6) is 11.5 Å². The van der Waals surface area contributed by atoms with E-state index in [1.165, 1.54) is 0 Å². The lowest BCUT2D eigenvalue weighted by atomic mass is 10.0. The van der Waals surface area contributed by atoms with Crippen molar-refractivity contribution in [1.82, 2.24) is 0 Å². The van der Waals surface area contributed by atoms with E-state index in [9.17, 15) is 9.90 Å². The highest BCUT2D eigenvalue weighted by Gasteiger charge is 2.13. The van der Waals surface area contributed by atoms with Gasteiger partial charge >= 0.3 is 5.97 Å². The molecule has 0 aliphatic rings. The van der Waals surface area contributed by atoms with Crippen molar-refractivity contribution >= 4 is 17.6 Å². The second kappa shape index (κ2) is 7.88. The summed E-state index contributed by atoms with van der Waals surface area (Å²) in [6.45, 7) is 8.37. The molecule has 4 nitrogen and oxygen atoms in total. The fourth-order valence-electron chi connectivity index (χ4n) is 2.34. The molecule has 1 N–H and O–H groups in total. The summed E-state index contributed by atoms with van der Waals surface area (Å²) in [4.78, 5) is 11.7. The maximum atomic E-state index is 11.7. The first-order valence-electron chi connectivity index (χ1n) is 8.26. The SMILES string of the molecule is CCOc1cccc(/C(=C/c2ccc(OC(C)(C)C)cc2)C(=O)O)c1. The molecule has 2 aromatic rings. The Hall–Kier alpha value is -2.75. The van der Waals surface area contributed by atoms with Crippen LogP contribution >= 0.6 is 0 Å². The van der Waals surface area contributed by atoms with Crippen LogP contribution in [0, 0.1) is 0 Å². The predicted octanol–water partition coefficient (Wildman–Crippen LogP) is 4.89. The quantitative estimate of drug-likeness (QED) is 0.601. The molecule has 0 aromatic heterocycles. The van der Waals surface area contributed by atoms with Gasteiger partial charge in [-0.2, -0.15) is 0 Å². The largest absolute Gasteiger partial charge is 0.494 e. The van der Waals surface area contributed by atoms with Gasteiger partial charge in [0.2, 0.25) is 0 Å². The monoisotopic (exact) mass is 340 g/mol. The zero-order valence-corrected chi connectivity index (χ0v) is 15.1. The summed E-state index contributed by atoms with van der Waals surface area (Å²) in [6.07, 6.45) is 1.65. The molecule has 0 spiro atoms. The number of carboxylic acids is 1. The Balaban J connectivity index is 2.31. The molecule has 0 heterocycles. The van der Waals surface area contributed by atoms with Crippen LogP contribution < -0.4 is 9.47 Å². The lowest BCUT2D eigenvalue weighted by Crippen LogP contribution is -2.22. The zero-order valence-electron chi connectivity index (χ0n) is 15.1. The fraction of sp³-hybridized carbons (Fsp3) is 0.286. The maximum absolute atomic E-state index is 11.7. The van der Waals surface area contributed by atoms with Crippen LogP contribution in [0.4, 0.5) is 0 Å². The Morgan fingerprint density at radius 2 is 1.76 bits per heavy atom. The average molecular weight is 340 g/mol. The number of rotatable bonds is 6. The molecule has 2 aromatic carbocycles. The van der Waals surface area contributed by atoms with Crippen LogP contribution in [0.3, 0.4) is 0 Å². The summed E-state index contributed by atoms with van der Waals surface area (Å²) in [5, 5.41) is 9.58. The first-order valence-corrected chi connectivity index (χ1v) is 8.26. The van der Waals surface area contributed by atoms with Crippen molar-refractivity contribution in [3.8, 4) is 11.5 Å². The average Bonchev–Trinajstić information content (AvgIpc) is 2.53. The highest BCUT2D eigenvalue weighted by Crippen LogP contribution is 2.24.